The van der Waals surface area contributed by atoms with Crippen LogP contribution < -0.4 is 10.2 Å². The van der Waals surface area contributed by atoms with Crippen molar-refractivity contribution < 1.29 is 4.74 Å². The Labute approximate surface area is 106 Å². The predicted molar refractivity (Wildman–Crippen MR) is 73.1 cm³/mol. The Morgan fingerprint density at radius 3 is 2.39 bits per heavy atom. The number of methoxy groups -OCH3 is 1. The maximum Gasteiger partial charge on any atom is 0.118 e. The average Bonchev–Trinajstić information content (AvgIpc) is 2.46. The molecule has 0 saturated carbocycles. The highest BCUT2D eigenvalue weighted by Crippen LogP contribution is 2.12. The Bertz CT molecular complexity index is 520. The SMILES string of the molecule is COc1ccc(C(C)=NNc2ccncc2)cc1. The Morgan fingerprint density at radius 1 is 1.11 bits per heavy atom. The lowest BCUT2D eigenvalue weighted by Gasteiger charge is -2.04. The van der Waals surface area contributed by atoms with Gasteiger partial charge in [0.15, 0.2) is 0 Å². The molecule has 2 rings (SSSR count). The molecule has 0 bridgehead atoms. The maximum absolute atomic E-state index is 5.12. The molecule has 1 heterocycles. The first-order valence-electron chi connectivity index (χ1n) is 5.64. The van der Waals surface area contributed by atoms with Gasteiger partial charge in [0.25, 0.3) is 0 Å². The largest absolute Gasteiger partial charge is 0.497 e. The van der Waals surface area contributed by atoms with E-state index < -0.39 is 0 Å². The Balaban J connectivity index is 2.08. The second-order valence-electron chi connectivity index (χ2n) is 3.77. The number of nitrogens with zero attached hydrogens (tertiary/aromatic N) is 2. The quantitative estimate of drug-likeness (QED) is 0.661. The molecule has 4 heteroatoms. The summed E-state index contributed by atoms with van der Waals surface area (Å²) in [7, 11) is 1.65. The fourth-order valence-corrected chi connectivity index (χ4v) is 1.47. The van der Waals surface area contributed by atoms with Crippen molar-refractivity contribution in [3.63, 3.8) is 0 Å². The van der Waals surface area contributed by atoms with Crippen LogP contribution in [0, 0.1) is 0 Å². The van der Waals surface area contributed by atoms with Gasteiger partial charge in [0.05, 0.1) is 18.5 Å². The first-order chi connectivity index (χ1) is 8.79. The van der Waals surface area contributed by atoms with E-state index in [2.05, 4.69) is 15.5 Å². The van der Waals surface area contributed by atoms with Crippen molar-refractivity contribution in [1.29, 1.82) is 0 Å². The standard InChI is InChI=1S/C14H15N3O/c1-11(12-3-5-14(18-2)6-4-12)16-17-13-7-9-15-10-8-13/h3-10H,1-2H3,(H,15,17). The fourth-order valence-electron chi connectivity index (χ4n) is 1.47. The van der Waals surface area contributed by atoms with E-state index in [0.717, 1.165) is 22.7 Å². The van der Waals surface area contributed by atoms with E-state index in [1.165, 1.54) is 0 Å². The van der Waals surface area contributed by atoms with Gasteiger partial charge < -0.3 is 4.74 Å². The minimum Gasteiger partial charge on any atom is -0.497 e. The van der Waals surface area contributed by atoms with Gasteiger partial charge in [-0.2, -0.15) is 5.10 Å². The summed E-state index contributed by atoms with van der Waals surface area (Å²) in [5.74, 6) is 0.841. The van der Waals surface area contributed by atoms with Gasteiger partial charge in [0.2, 0.25) is 0 Å². The summed E-state index contributed by atoms with van der Waals surface area (Å²) >= 11 is 0. The smallest absolute Gasteiger partial charge is 0.118 e. The number of ether oxygens (including phenoxy) is 1. The number of nitrogens with one attached hydrogen (secondary N) is 1. The summed E-state index contributed by atoms with van der Waals surface area (Å²) in [6.45, 7) is 1.95. The number of hydrogen-bond donors (Lipinski definition) is 1. The molecule has 0 spiro atoms. The number of hydrogen-bond acceptors (Lipinski definition) is 4. The molecule has 0 unspecified atom stereocenters. The van der Waals surface area contributed by atoms with E-state index in [1.807, 2.05) is 43.3 Å². The molecule has 0 saturated heterocycles. The van der Waals surface area contributed by atoms with Crippen molar-refractivity contribution in [3.05, 3.63) is 54.4 Å². The number of benzene rings is 1. The average molecular weight is 241 g/mol. The third kappa shape index (κ3) is 3.07. The molecular weight excluding hydrogens is 226 g/mol. The number of rotatable bonds is 4. The van der Waals surface area contributed by atoms with Gasteiger partial charge in [0.1, 0.15) is 5.75 Å². The highest BCUT2D eigenvalue weighted by molar-refractivity contribution is 5.99. The summed E-state index contributed by atoms with van der Waals surface area (Å²) in [4.78, 5) is 3.95. The highest BCUT2D eigenvalue weighted by atomic mass is 16.5. The van der Waals surface area contributed by atoms with Gasteiger partial charge in [-0.3, -0.25) is 10.4 Å². The van der Waals surface area contributed by atoms with E-state index in [1.54, 1.807) is 19.5 Å². The van der Waals surface area contributed by atoms with Crippen molar-refractivity contribution >= 4 is 11.4 Å². The molecule has 2 aromatic rings. The molecule has 0 aliphatic carbocycles. The van der Waals surface area contributed by atoms with Gasteiger partial charge >= 0.3 is 0 Å². The summed E-state index contributed by atoms with van der Waals surface area (Å²) in [5, 5.41) is 4.32. The van der Waals surface area contributed by atoms with Gasteiger partial charge in [0, 0.05) is 12.4 Å². The lowest BCUT2D eigenvalue weighted by molar-refractivity contribution is 0.415. The summed E-state index contributed by atoms with van der Waals surface area (Å²) < 4.78 is 5.12. The van der Waals surface area contributed by atoms with Crippen LogP contribution in [0.15, 0.2) is 53.9 Å². The number of anilines is 1. The van der Waals surface area contributed by atoms with E-state index in [4.69, 9.17) is 4.74 Å². The fraction of sp³-hybridized carbons (Fsp3) is 0.143. The highest BCUT2D eigenvalue weighted by Gasteiger charge is 1.98. The lowest BCUT2D eigenvalue weighted by atomic mass is 10.1. The molecule has 18 heavy (non-hydrogen) atoms. The molecule has 1 aromatic carbocycles. The zero-order chi connectivity index (χ0) is 12.8. The second kappa shape index (κ2) is 5.82. The third-order valence-electron chi connectivity index (χ3n) is 2.54. The monoisotopic (exact) mass is 241 g/mol. The second-order valence-corrected chi connectivity index (χ2v) is 3.77. The zero-order valence-electron chi connectivity index (χ0n) is 10.4. The molecular formula is C14H15N3O. The van der Waals surface area contributed by atoms with Crippen LogP contribution in [0.1, 0.15) is 12.5 Å². The molecule has 92 valence electrons. The van der Waals surface area contributed by atoms with E-state index in [0.29, 0.717) is 0 Å². The van der Waals surface area contributed by atoms with Crippen LogP contribution in [0.5, 0.6) is 5.75 Å². The van der Waals surface area contributed by atoms with Crippen molar-refractivity contribution in [2.24, 2.45) is 5.10 Å². The van der Waals surface area contributed by atoms with Crippen LogP contribution in [0.2, 0.25) is 0 Å². The number of aromatic nitrogens is 1. The first-order valence-corrected chi connectivity index (χ1v) is 5.64. The zero-order valence-corrected chi connectivity index (χ0v) is 10.4. The molecule has 0 aliphatic heterocycles. The first kappa shape index (κ1) is 12.1. The van der Waals surface area contributed by atoms with Crippen LogP contribution in [0.25, 0.3) is 0 Å². The molecule has 1 N–H and O–H groups in total. The van der Waals surface area contributed by atoms with Crippen molar-refractivity contribution in [2.75, 3.05) is 12.5 Å². The van der Waals surface area contributed by atoms with Crippen LogP contribution in [-0.4, -0.2) is 17.8 Å². The minimum atomic E-state index is 0.841. The number of hydrazone groups is 1. The molecule has 0 radical (unpaired) electrons. The molecule has 0 atom stereocenters. The van der Waals surface area contributed by atoms with Gasteiger partial charge in [-0.25, -0.2) is 0 Å². The van der Waals surface area contributed by atoms with Gasteiger partial charge in [-0.15, -0.1) is 0 Å². The van der Waals surface area contributed by atoms with Crippen LogP contribution in [-0.2, 0) is 0 Å². The minimum absolute atomic E-state index is 0.841. The van der Waals surface area contributed by atoms with Crippen molar-refractivity contribution in [1.82, 2.24) is 4.98 Å². The molecule has 0 amide bonds. The van der Waals surface area contributed by atoms with E-state index in [-0.39, 0.29) is 0 Å². The summed E-state index contributed by atoms with van der Waals surface area (Å²) in [5.41, 5.74) is 5.87. The van der Waals surface area contributed by atoms with Crippen molar-refractivity contribution in [2.45, 2.75) is 6.92 Å². The van der Waals surface area contributed by atoms with Crippen molar-refractivity contribution in [3.8, 4) is 5.75 Å². The van der Waals surface area contributed by atoms with Gasteiger partial charge in [-0.1, -0.05) is 0 Å². The molecule has 1 aromatic heterocycles. The van der Waals surface area contributed by atoms with E-state index >= 15 is 0 Å². The lowest BCUT2D eigenvalue weighted by Crippen LogP contribution is -1.99. The van der Waals surface area contributed by atoms with Crippen LogP contribution in [0.3, 0.4) is 0 Å². The van der Waals surface area contributed by atoms with Crippen LogP contribution >= 0.6 is 0 Å². The predicted octanol–water partition coefficient (Wildman–Crippen LogP) is 2.93. The molecule has 4 nitrogen and oxygen atoms in total. The summed E-state index contributed by atoms with van der Waals surface area (Å²) in [6, 6.07) is 11.5. The normalized spacial score (nSPS) is 11.1. The Kier molecular flexibility index (Phi) is 3.91. The van der Waals surface area contributed by atoms with Gasteiger partial charge in [-0.05, 0) is 48.9 Å². The summed E-state index contributed by atoms with van der Waals surface area (Å²) in [6.07, 6.45) is 3.45. The topological polar surface area (TPSA) is 46.5 Å². The third-order valence-corrected chi connectivity index (χ3v) is 2.54. The Morgan fingerprint density at radius 2 is 1.78 bits per heavy atom. The van der Waals surface area contributed by atoms with E-state index in [9.17, 15) is 0 Å². The number of pyridine rings is 1. The Hall–Kier alpha value is -2.36. The van der Waals surface area contributed by atoms with Crippen LogP contribution in [0.4, 0.5) is 5.69 Å². The maximum atomic E-state index is 5.12. The molecule has 0 fully saturated rings. The molecule has 0 aliphatic rings.